The average molecular weight is 264 g/mol. The van der Waals surface area contributed by atoms with Crippen LogP contribution in [0.15, 0.2) is 0 Å². The van der Waals surface area contributed by atoms with Gasteiger partial charge in [0, 0.05) is 20.3 Å². The monoisotopic (exact) mass is 264 g/mol. The quantitative estimate of drug-likeness (QED) is 0.529. The fraction of sp³-hybridized carbons (Fsp3) is 0.909. The maximum absolute atomic E-state index is 11.1. The summed E-state index contributed by atoms with van der Waals surface area (Å²) in [6.07, 6.45) is -0.788. The molecule has 0 saturated heterocycles. The molecule has 17 heavy (non-hydrogen) atoms. The minimum absolute atomic E-state index is 0.0178. The number of aliphatic hydroxyl groups is 1. The highest BCUT2D eigenvalue weighted by Crippen LogP contribution is 2.25. The molecule has 0 fully saturated rings. The first-order valence-corrected chi connectivity index (χ1v) is 7.97. The summed E-state index contributed by atoms with van der Waals surface area (Å²) >= 11 is 0. The lowest BCUT2D eigenvalue weighted by atomic mass is 10.3. The van der Waals surface area contributed by atoms with Gasteiger partial charge in [0.1, 0.15) is 0 Å². The first-order valence-electron chi connectivity index (χ1n) is 5.74. The molecule has 0 heterocycles. The summed E-state index contributed by atoms with van der Waals surface area (Å²) in [6.45, 7) is 4.15. The van der Waals surface area contributed by atoms with Gasteiger partial charge < -0.3 is 18.7 Å². The van der Waals surface area contributed by atoms with Crippen molar-refractivity contribution in [2.75, 3.05) is 21.3 Å². The molecule has 0 aromatic heterocycles. The third-order valence-corrected chi connectivity index (χ3v) is 6.66. The van der Waals surface area contributed by atoms with Gasteiger partial charge in [0.2, 0.25) is 0 Å². The molecule has 1 unspecified atom stereocenters. The zero-order chi connectivity index (χ0) is 13.5. The molecule has 102 valence electrons. The van der Waals surface area contributed by atoms with E-state index in [1.54, 1.807) is 14.2 Å². The Bertz CT molecular complexity index is 228. The SMILES string of the molecule is COC(=O)CC(O)C[Si](CC(C)C)(OC)OC. The van der Waals surface area contributed by atoms with Crippen LogP contribution in [0.1, 0.15) is 20.3 Å². The van der Waals surface area contributed by atoms with Gasteiger partial charge in [0.05, 0.1) is 19.6 Å². The van der Waals surface area contributed by atoms with E-state index in [2.05, 4.69) is 18.6 Å². The lowest BCUT2D eigenvalue weighted by molar-refractivity contribution is -0.142. The Labute approximate surface area is 104 Å². The lowest BCUT2D eigenvalue weighted by Crippen LogP contribution is -2.44. The largest absolute Gasteiger partial charge is 0.469 e. The van der Waals surface area contributed by atoms with Gasteiger partial charge in [-0.2, -0.15) is 0 Å². The molecule has 0 aromatic rings. The van der Waals surface area contributed by atoms with Crippen LogP contribution >= 0.6 is 0 Å². The molecule has 0 aliphatic carbocycles. The molecule has 0 amide bonds. The van der Waals surface area contributed by atoms with Crippen LogP contribution in [0.5, 0.6) is 0 Å². The number of carbonyl (C=O) groups is 1. The third kappa shape index (κ3) is 6.16. The normalized spacial score (nSPS) is 13.8. The number of esters is 1. The number of ether oxygens (including phenoxy) is 1. The van der Waals surface area contributed by atoms with E-state index in [9.17, 15) is 9.90 Å². The van der Waals surface area contributed by atoms with Crippen molar-refractivity contribution in [1.82, 2.24) is 0 Å². The van der Waals surface area contributed by atoms with Crippen molar-refractivity contribution in [3.8, 4) is 0 Å². The summed E-state index contributed by atoms with van der Waals surface area (Å²) in [5.41, 5.74) is 0. The fourth-order valence-electron chi connectivity index (χ4n) is 1.83. The highest BCUT2D eigenvalue weighted by Gasteiger charge is 2.39. The topological polar surface area (TPSA) is 65.0 Å². The van der Waals surface area contributed by atoms with Gasteiger partial charge in [0.25, 0.3) is 0 Å². The van der Waals surface area contributed by atoms with Gasteiger partial charge in [-0.1, -0.05) is 13.8 Å². The van der Waals surface area contributed by atoms with E-state index in [1.165, 1.54) is 7.11 Å². The van der Waals surface area contributed by atoms with E-state index in [0.717, 1.165) is 6.04 Å². The molecular weight excluding hydrogens is 240 g/mol. The first-order chi connectivity index (χ1) is 7.89. The Morgan fingerprint density at radius 1 is 1.18 bits per heavy atom. The molecule has 0 spiro atoms. The van der Waals surface area contributed by atoms with Crippen molar-refractivity contribution in [2.45, 2.75) is 38.5 Å². The summed E-state index contributed by atoms with van der Waals surface area (Å²) in [6, 6.07) is 1.17. The second-order valence-electron chi connectivity index (χ2n) is 4.56. The zero-order valence-electron chi connectivity index (χ0n) is 11.4. The van der Waals surface area contributed by atoms with Crippen molar-refractivity contribution < 1.29 is 23.5 Å². The number of rotatable bonds is 8. The van der Waals surface area contributed by atoms with Crippen LogP contribution in [-0.2, 0) is 18.4 Å². The summed E-state index contributed by atoms with van der Waals surface area (Å²) in [4.78, 5) is 11.1. The zero-order valence-corrected chi connectivity index (χ0v) is 12.4. The lowest BCUT2D eigenvalue weighted by Gasteiger charge is -2.30. The molecule has 0 aliphatic rings. The molecule has 1 atom stereocenters. The second kappa shape index (κ2) is 7.81. The molecule has 0 bridgehead atoms. The smallest absolute Gasteiger partial charge is 0.340 e. The number of aliphatic hydroxyl groups excluding tert-OH is 1. The molecule has 0 rings (SSSR count). The number of methoxy groups -OCH3 is 1. The van der Waals surface area contributed by atoms with Gasteiger partial charge >= 0.3 is 14.5 Å². The van der Waals surface area contributed by atoms with Gasteiger partial charge in [-0.05, 0) is 12.0 Å². The Morgan fingerprint density at radius 3 is 2.06 bits per heavy atom. The molecule has 0 saturated carbocycles. The summed E-state index contributed by atoms with van der Waals surface area (Å²) in [7, 11) is 2.10. The standard InChI is InChI=1S/C11H24O5Si/c1-9(2)7-17(15-4,16-5)8-10(12)6-11(13)14-3/h9-10,12H,6-8H2,1-5H3. The van der Waals surface area contributed by atoms with Crippen molar-refractivity contribution in [3.05, 3.63) is 0 Å². The number of hydrogen-bond donors (Lipinski definition) is 1. The summed E-state index contributed by atoms with van der Waals surface area (Å²) < 4.78 is 15.5. The Morgan fingerprint density at radius 2 is 1.71 bits per heavy atom. The van der Waals surface area contributed by atoms with Crippen LogP contribution in [0, 0.1) is 5.92 Å². The van der Waals surface area contributed by atoms with Crippen molar-refractivity contribution in [3.63, 3.8) is 0 Å². The van der Waals surface area contributed by atoms with Crippen LogP contribution in [0.3, 0.4) is 0 Å². The first kappa shape index (κ1) is 16.6. The van der Waals surface area contributed by atoms with Gasteiger partial charge in [-0.25, -0.2) is 0 Å². The van der Waals surface area contributed by atoms with E-state index >= 15 is 0 Å². The Balaban J connectivity index is 4.46. The maximum atomic E-state index is 11.1. The minimum atomic E-state index is -2.41. The van der Waals surface area contributed by atoms with E-state index in [-0.39, 0.29) is 6.42 Å². The highest BCUT2D eigenvalue weighted by molar-refractivity contribution is 6.67. The molecule has 1 N–H and O–H groups in total. The van der Waals surface area contributed by atoms with E-state index in [1.807, 2.05) is 0 Å². The number of hydrogen-bond acceptors (Lipinski definition) is 5. The molecule has 5 nitrogen and oxygen atoms in total. The van der Waals surface area contributed by atoms with Crippen LogP contribution < -0.4 is 0 Å². The maximum Gasteiger partial charge on any atom is 0.340 e. The van der Waals surface area contributed by atoms with Crippen molar-refractivity contribution >= 4 is 14.5 Å². The third-order valence-electron chi connectivity index (χ3n) is 2.64. The Kier molecular flexibility index (Phi) is 7.61. The van der Waals surface area contributed by atoms with Gasteiger partial charge in [-0.3, -0.25) is 4.79 Å². The van der Waals surface area contributed by atoms with Crippen molar-refractivity contribution in [1.29, 1.82) is 0 Å². The van der Waals surface area contributed by atoms with Gasteiger partial charge in [0.15, 0.2) is 0 Å². The second-order valence-corrected chi connectivity index (χ2v) is 8.01. The van der Waals surface area contributed by atoms with Crippen LogP contribution in [-0.4, -0.2) is 47.1 Å². The van der Waals surface area contributed by atoms with Crippen LogP contribution in [0.2, 0.25) is 12.1 Å². The summed E-state index contributed by atoms with van der Waals surface area (Å²) in [5, 5.41) is 9.84. The van der Waals surface area contributed by atoms with Crippen LogP contribution in [0.25, 0.3) is 0 Å². The fourth-order valence-corrected chi connectivity index (χ4v) is 4.94. The summed E-state index contributed by atoms with van der Waals surface area (Å²) in [5.74, 6) is 0.00375. The van der Waals surface area contributed by atoms with E-state index in [0.29, 0.717) is 12.0 Å². The van der Waals surface area contributed by atoms with E-state index in [4.69, 9.17) is 8.85 Å². The average Bonchev–Trinajstić information content (AvgIpc) is 2.27. The predicted molar refractivity (Wildman–Crippen MR) is 66.9 cm³/mol. The minimum Gasteiger partial charge on any atom is -0.469 e. The molecule has 0 radical (unpaired) electrons. The Hall–Kier alpha value is -0.433. The van der Waals surface area contributed by atoms with E-state index < -0.39 is 20.6 Å². The van der Waals surface area contributed by atoms with Crippen molar-refractivity contribution in [2.24, 2.45) is 5.92 Å². The predicted octanol–water partition coefficient (Wildman–Crippen LogP) is 1.30. The molecule has 0 aliphatic heterocycles. The molecule has 6 heteroatoms. The van der Waals surface area contributed by atoms with Gasteiger partial charge in [-0.15, -0.1) is 0 Å². The van der Waals surface area contributed by atoms with Crippen LogP contribution in [0.4, 0.5) is 0 Å². The molecular formula is C11H24O5Si. The molecule has 0 aromatic carbocycles. The highest BCUT2D eigenvalue weighted by atomic mass is 28.4. The number of carbonyl (C=O) groups excluding carboxylic acids is 1.